The molecule has 0 aromatic carbocycles. The number of rotatable bonds is 10. The van der Waals surface area contributed by atoms with Gasteiger partial charge in [0, 0.05) is 29.5 Å². The van der Waals surface area contributed by atoms with Crippen LogP contribution in [0.3, 0.4) is 0 Å². The lowest BCUT2D eigenvalue weighted by atomic mass is 10.1. The Hall–Kier alpha value is -3.18. The highest BCUT2D eigenvalue weighted by Crippen LogP contribution is 2.36. The number of hydrogen-bond donors (Lipinski definition) is 4. The molecule has 2 aromatic heterocycles. The molecule has 2 aliphatic rings. The Morgan fingerprint density at radius 1 is 0.842 bits per heavy atom. The Bertz CT molecular complexity index is 1140. The van der Waals surface area contributed by atoms with Gasteiger partial charge in [-0.15, -0.1) is 9.46 Å². The summed E-state index contributed by atoms with van der Waals surface area (Å²) in [6.45, 7) is -0.922. The van der Waals surface area contributed by atoms with Crippen LogP contribution in [0, 0.1) is 0 Å². The molecule has 2 aliphatic heterocycles. The molecular weight excluding hydrogens is 531 g/mol. The van der Waals surface area contributed by atoms with Crippen LogP contribution in [0.5, 0.6) is 0 Å². The first-order valence-electron chi connectivity index (χ1n) is 11.6. The standard InChI is InChI=1S/C20H27N6O11P/c21-15-5-7-25(19(29)23-15)34-11-1-3-17(32-13(11)9-27)36-38(31)37-18-4-2-12(14(10-28)33-18)35-26-8-6-16(22)24-20(26)30/h5-8,11-14,17-18,27-28H,1-4,9-10H2,(H3-,21,22,23,24,29,30)/p+1/t11-,12-,13-,14-,17+,18+/m1/s1. The second kappa shape index (κ2) is 12.6. The normalized spacial score (nSPS) is 27.5. The molecule has 17 nitrogen and oxygen atoms in total. The van der Waals surface area contributed by atoms with E-state index in [0.29, 0.717) is 12.8 Å². The monoisotopic (exact) mass is 559 g/mol. The lowest BCUT2D eigenvalue weighted by Crippen LogP contribution is -2.49. The predicted octanol–water partition coefficient (Wildman–Crippen LogP) is -2.06. The smallest absolute Gasteiger partial charge is 0.403 e. The zero-order valence-electron chi connectivity index (χ0n) is 20.0. The molecule has 2 aromatic rings. The summed E-state index contributed by atoms with van der Waals surface area (Å²) in [5.41, 5.74) is 9.47. The molecule has 2 fully saturated rings. The van der Waals surface area contributed by atoms with Gasteiger partial charge in [0.25, 0.3) is 0 Å². The van der Waals surface area contributed by atoms with Crippen molar-refractivity contribution in [2.75, 3.05) is 24.7 Å². The molecule has 0 bridgehead atoms. The number of nitrogens with two attached hydrogens (primary N) is 2. The second-order valence-electron chi connectivity index (χ2n) is 8.37. The van der Waals surface area contributed by atoms with Crippen LogP contribution < -0.4 is 32.5 Å². The van der Waals surface area contributed by atoms with E-state index in [-0.39, 0.29) is 24.5 Å². The summed E-state index contributed by atoms with van der Waals surface area (Å²) in [7, 11) is -2.72. The molecule has 0 saturated carbocycles. The van der Waals surface area contributed by atoms with Gasteiger partial charge in [0.15, 0.2) is 12.2 Å². The van der Waals surface area contributed by atoms with E-state index in [0.717, 1.165) is 9.46 Å². The minimum Gasteiger partial charge on any atom is -0.403 e. The number of anilines is 2. The van der Waals surface area contributed by atoms with Crippen LogP contribution in [0.15, 0.2) is 34.1 Å². The van der Waals surface area contributed by atoms with Gasteiger partial charge in [0.2, 0.25) is 12.6 Å². The van der Waals surface area contributed by atoms with E-state index in [4.69, 9.17) is 39.7 Å². The fourth-order valence-electron chi connectivity index (χ4n) is 3.87. The first-order chi connectivity index (χ1) is 18.2. The van der Waals surface area contributed by atoms with Crippen LogP contribution in [-0.4, -0.2) is 79.9 Å². The van der Waals surface area contributed by atoms with Gasteiger partial charge in [0.05, 0.1) is 25.6 Å². The Balaban J connectivity index is 1.26. The van der Waals surface area contributed by atoms with Gasteiger partial charge < -0.3 is 40.8 Å². The molecule has 208 valence electrons. The van der Waals surface area contributed by atoms with Crippen LogP contribution >= 0.6 is 8.25 Å². The van der Waals surface area contributed by atoms with E-state index in [9.17, 15) is 24.4 Å². The molecule has 4 heterocycles. The van der Waals surface area contributed by atoms with E-state index >= 15 is 0 Å². The van der Waals surface area contributed by atoms with E-state index in [1.54, 1.807) is 0 Å². The van der Waals surface area contributed by atoms with Crippen molar-refractivity contribution in [3.63, 3.8) is 0 Å². The number of ether oxygens (including phenoxy) is 2. The molecule has 18 heteroatoms. The van der Waals surface area contributed by atoms with E-state index < -0.39 is 69.8 Å². The third-order valence-corrected chi connectivity index (χ3v) is 6.52. The van der Waals surface area contributed by atoms with Gasteiger partial charge in [-0.1, -0.05) is 9.05 Å². The summed E-state index contributed by atoms with van der Waals surface area (Å²) in [5.74, 6) is 0.0752. The van der Waals surface area contributed by atoms with Crippen molar-refractivity contribution < 1.29 is 43.0 Å². The van der Waals surface area contributed by atoms with Crippen molar-refractivity contribution in [1.82, 2.24) is 19.4 Å². The maximum absolute atomic E-state index is 12.5. The molecule has 0 radical (unpaired) electrons. The molecule has 0 unspecified atom stereocenters. The maximum Gasteiger partial charge on any atom is 0.702 e. The average Bonchev–Trinajstić information content (AvgIpc) is 2.88. The van der Waals surface area contributed by atoms with E-state index in [1.165, 1.54) is 24.5 Å². The first-order valence-corrected chi connectivity index (χ1v) is 12.7. The van der Waals surface area contributed by atoms with Gasteiger partial charge in [-0.05, 0) is 12.8 Å². The summed E-state index contributed by atoms with van der Waals surface area (Å²) in [4.78, 5) is 42.0. The molecular formula is C20H28N6O11P+. The van der Waals surface area contributed by atoms with Crippen LogP contribution in [0.25, 0.3) is 0 Å². The summed E-state index contributed by atoms with van der Waals surface area (Å²) in [6.07, 6.45) is -1.57. The average molecular weight is 559 g/mol. The van der Waals surface area contributed by atoms with Crippen LogP contribution in [0.1, 0.15) is 25.7 Å². The fourth-order valence-corrected chi connectivity index (χ4v) is 4.61. The first kappa shape index (κ1) is 27.8. The van der Waals surface area contributed by atoms with E-state index in [1.807, 2.05) is 0 Å². The van der Waals surface area contributed by atoms with Crippen molar-refractivity contribution in [3.05, 3.63) is 45.5 Å². The van der Waals surface area contributed by atoms with Crippen LogP contribution in [-0.2, 0) is 23.1 Å². The highest BCUT2D eigenvalue weighted by Gasteiger charge is 2.43. The zero-order valence-corrected chi connectivity index (χ0v) is 20.9. The van der Waals surface area contributed by atoms with Gasteiger partial charge >= 0.3 is 19.6 Å². The Labute approximate surface area is 215 Å². The topological polar surface area (TPSA) is 235 Å². The Morgan fingerprint density at radius 3 is 1.63 bits per heavy atom. The number of hydrogen-bond acceptors (Lipinski definition) is 15. The molecule has 6 atom stereocenters. The largest absolute Gasteiger partial charge is 0.702 e. The fraction of sp³-hybridized carbons (Fsp3) is 0.600. The Morgan fingerprint density at radius 2 is 1.26 bits per heavy atom. The van der Waals surface area contributed by atoms with Crippen molar-refractivity contribution in [2.24, 2.45) is 0 Å². The highest BCUT2D eigenvalue weighted by atomic mass is 31.1. The van der Waals surface area contributed by atoms with Crippen molar-refractivity contribution in [2.45, 2.75) is 62.7 Å². The van der Waals surface area contributed by atoms with Crippen LogP contribution in [0.4, 0.5) is 11.6 Å². The molecule has 38 heavy (non-hydrogen) atoms. The minimum absolute atomic E-state index is 0.0376. The summed E-state index contributed by atoms with van der Waals surface area (Å²) >= 11 is 0. The lowest BCUT2D eigenvalue weighted by molar-refractivity contribution is -0.224. The van der Waals surface area contributed by atoms with Crippen molar-refractivity contribution >= 4 is 19.9 Å². The quantitative estimate of drug-likeness (QED) is 0.229. The number of aliphatic hydroxyl groups excluding tert-OH is 2. The summed E-state index contributed by atoms with van der Waals surface area (Å²) in [6, 6.07) is 2.76. The Kier molecular flexibility index (Phi) is 9.22. The molecule has 2 saturated heterocycles. The minimum atomic E-state index is -2.72. The van der Waals surface area contributed by atoms with Crippen LogP contribution in [0.2, 0.25) is 0 Å². The van der Waals surface area contributed by atoms with Crippen molar-refractivity contribution in [3.8, 4) is 0 Å². The highest BCUT2D eigenvalue weighted by molar-refractivity contribution is 7.33. The second-order valence-corrected chi connectivity index (χ2v) is 9.24. The van der Waals surface area contributed by atoms with Gasteiger partial charge in [-0.2, -0.15) is 9.97 Å². The zero-order chi connectivity index (χ0) is 27.2. The summed E-state index contributed by atoms with van der Waals surface area (Å²) in [5, 5.41) is 19.4. The lowest BCUT2D eigenvalue weighted by Gasteiger charge is -2.33. The molecule has 0 amide bonds. The molecule has 4 rings (SSSR count). The molecule has 6 N–H and O–H groups in total. The number of nitrogen functional groups attached to an aromatic ring is 2. The molecule has 0 spiro atoms. The van der Waals surface area contributed by atoms with Gasteiger partial charge in [-0.25, -0.2) is 9.59 Å². The van der Waals surface area contributed by atoms with E-state index in [2.05, 4.69) is 9.97 Å². The molecule has 0 aliphatic carbocycles. The summed E-state index contributed by atoms with van der Waals surface area (Å²) < 4.78 is 36.2. The third kappa shape index (κ3) is 7.02. The number of nitrogens with zero attached hydrogens (tertiary/aromatic N) is 4. The predicted molar refractivity (Wildman–Crippen MR) is 126 cm³/mol. The van der Waals surface area contributed by atoms with Gasteiger partial charge in [-0.3, -0.25) is 0 Å². The number of aliphatic hydroxyl groups is 2. The number of aromatic nitrogens is 4. The van der Waals surface area contributed by atoms with Crippen molar-refractivity contribution in [1.29, 1.82) is 0 Å². The van der Waals surface area contributed by atoms with Gasteiger partial charge in [0.1, 0.15) is 23.8 Å². The third-order valence-electron chi connectivity index (χ3n) is 5.71. The SMILES string of the molecule is Nc1ccn(O[C@@H]2CC[C@H](O[P+](=O)O[C@H]3CC[C@@H](On4ccc(N)nc4=O)[C@@H](CO)O3)O[C@@H]2CO)c(=O)n1. The maximum atomic E-state index is 12.5.